The van der Waals surface area contributed by atoms with Crippen LogP contribution in [0.2, 0.25) is 0 Å². The van der Waals surface area contributed by atoms with E-state index in [4.69, 9.17) is 5.73 Å². The van der Waals surface area contributed by atoms with Crippen molar-refractivity contribution in [3.05, 3.63) is 35.4 Å². The molecule has 0 saturated carbocycles. The molecule has 1 heterocycles. The zero-order valence-corrected chi connectivity index (χ0v) is 22.4. The number of hydrogen-bond donors (Lipinski definition) is 2. The zero-order chi connectivity index (χ0) is 27.9. The summed E-state index contributed by atoms with van der Waals surface area (Å²) >= 11 is 0. The van der Waals surface area contributed by atoms with E-state index in [1.807, 2.05) is 27.7 Å². The van der Waals surface area contributed by atoms with Crippen LogP contribution < -0.4 is 11.2 Å². The molecule has 0 aromatic heterocycles. The Kier molecular flexibility index (Phi) is 10.4. The van der Waals surface area contributed by atoms with Gasteiger partial charge in [-0.1, -0.05) is 26.8 Å². The highest BCUT2D eigenvalue weighted by molar-refractivity contribution is 5.90. The number of rotatable bonds is 8. The topological polar surface area (TPSA) is 116 Å². The number of hydrazine groups is 1. The number of nitrogens with one attached hydrogen (secondary N) is 1. The molecule has 1 aromatic rings. The van der Waals surface area contributed by atoms with E-state index in [1.165, 1.54) is 6.92 Å². The van der Waals surface area contributed by atoms with E-state index in [0.29, 0.717) is 19.0 Å². The zero-order valence-electron chi connectivity index (χ0n) is 22.4. The molecular formula is C26H39F2N5O4. The maximum absolute atomic E-state index is 14.4. The lowest BCUT2D eigenvalue weighted by Gasteiger charge is -2.37. The van der Waals surface area contributed by atoms with Crippen LogP contribution in [-0.4, -0.2) is 63.7 Å². The third-order valence-corrected chi connectivity index (χ3v) is 6.49. The van der Waals surface area contributed by atoms with Crippen LogP contribution in [0.3, 0.4) is 0 Å². The van der Waals surface area contributed by atoms with Gasteiger partial charge in [-0.2, -0.15) is 0 Å². The minimum atomic E-state index is -1.21. The minimum Gasteiger partial charge on any atom is -0.368 e. The average Bonchev–Trinajstić information content (AvgIpc) is 2.80. The Morgan fingerprint density at radius 2 is 1.86 bits per heavy atom. The van der Waals surface area contributed by atoms with Crippen molar-refractivity contribution >= 4 is 23.8 Å². The van der Waals surface area contributed by atoms with Gasteiger partial charge in [-0.3, -0.25) is 19.8 Å². The first-order chi connectivity index (χ1) is 17.2. The Bertz CT molecular complexity index is 998. The third-order valence-electron chi connectivity index (χ3n) is 6.49. The molecule has 0 bridgehead atoms. The van der Waals surface area contributed by atoms with Gasteiger partial charge in [-0.25, -0.2) is 18.6 Å². The van der Waals surface area contributed by atoms with E-state index in [1.54, 1.807) is 4.90 Å². The lowest BCUT2D eigenvalue weighted by molar-refractivity contribution is -0.137. The molecule has 37 heavy (non-hydrogen) atoms. The van der Waals surface area contributed by atoms with Crippen molar-refractivity contribution in [3.8, 4) is 0 Å². The summed E-state index contributed by atoms with van der Waals surface area (Å²) in [7, 11) is 0. The van der Waals surface area contributed by atoms with E-state index in [2.05, 4.69) is 5.43 Å². The van der Waals surface area contributed by atoms with Gasteiger partial charge in [0.25, 0.3) is 0 Å². The van der Waals surface area contributed by atoms with Crippen LogP contribution in [0, 0.1) is 17.0 Å². The predicted molar refractivity (Wildman–Crippen MR) is 135 cm³/mol. The van der Waals surface area contributed by atoms with Crippen LogP contribution in [-0.2, 0) is 20.9 Å². The summed E-state index contributed by atoms with van der Waals surface area (Å²) in [6.07, 6.45) is 3.27. The van der Waals surface area contributed by atoms with E-state index in [9.17, 15) is 28.0 Å². The van der Waals surface area contributed by atoms with Gasteiger partial charge in [-0.05, 0) is 51.0 Å². The Hall–Kier alpha value is -3.24. The van der Waals surface area contributed by atoms with Crippen molar-refractivity contribution in [2.45, 2.75) is 85.4 Å². The van der Waals surface area contributed by atoms with Crippen molar-refractivity contribution in [2.75, 3.05) is 13.1 Å². The van der Waals surface area contributed by atoms with E-state index in [0.717, 1.165) is 41.3 Å². The van der Waals surface area contributed by atoms with Gasteiger partial charge < -0.3 is 15.5 Å². The van der Waals surface area contributed by atoms with Gasteiger partial charge in [0.1, 0.15) is 24.2 Å². The minimum absolute atomic E-state index is 0.0243. The van der Waals surface area contributed by atoms with Crippen LogP contribution in [0.1, 0.15) is 72.3 Å². The SMILES string of the molecule is C[C@H]1CCCCN1C(=O)CN(NC(=O)CCC(C)(C)C)C(=O)N(Cc1ccc(F)cc1F)[C@@H](C)C(N)=O. The molecular weight excluding hydrogens is 484 g/mol. The smallest absolute Gasteiger partial charge is 0.340 e. The number of hydrogen-bond acceptors (Lipinski definition) is 4. The molecule has 0 radical (unpaired) electrons. The van der Waals surface area contributed by atoms with E-state index < -0.39 is 48.6 Å². The molecule has 9 nitrogen and oxygen atoms in total. The molecule has 3 N–H and O–H groups in total. The number of likely N-dealkylation sites (tertiary alicyclic amines) is 1. The number of primary amides is 1. The van der Waals surface area contributed by atoms with Crippen LogP contribution in [0.5, 0.6) is 0 Å². The predicted octanol–water partition coefficient (Wildman–Crippen LogP) is 3.32. The van der Waals surface area contributed by atoms with Crippen LogP contribution in [0.25, 0.3) is 0 Å². The second-order valence-corrected chi connectivity index (χ2v) is 10.8. The quantitative estimate of drug-likeness (QED) is 0.509. The molecule has 2 atom stereocenters. The second-order valence-electron chi connectivity index (χ2n) is 10.8. The first-order valence-corrected chi connectivity index (χ1v) is 12.6. The molecule has 1 aliphatic heterocycles. The van der Waals surface area contributed by atoms with Gasteiger partial charge in [0.05, 0.1) is 6.54 Å². The number of benzene rings is 1. The average molecular weight is 524 g/mol. The van der Waals surface area contributed by atoms with Crippen molar-refractivity contribution in [1.82, 2.24) is 20.2 Å². The molecule has 0 spiro atoms. The highest BCUT2D eigenvalue weighted by atomic mass is 19.1. The van der Waals surface area contributed by atoms with Crippen molar-refractivity contribution in [3.63, 3.8) is 0 Å². The van der Waals surface area contributed by atoms with Crippen LogP contribution in [0.4, 0.5) is 13.6 Å². The molecule has 1 aromatic carbocycles. The first-order valence-electron chi connectivity index (χ1n) is 12.6. The summed E-state index contributed by atoms with van der Waals surface area (Å²) < 4.78 is 27.8. The number of piperidine rings is 1. The van der Waals surface area contributed by atoms with Crippen LogP contribution >= 0.6 is 0 Å². The van der Waals surface area contributed by atoms with Crippen molar-refractivity contribution in [1.29, 1.82) is 0 Å². The molecule has 1 fully saturated rings. The van der Waals surface area contributed by atoms with Crippen molar-refractivity contribution in [2.24, 2.45) is 11.1 Å². The number of carbonyl (C=O) groups is 4. The fourth-order valence-electron chi connectivity index (χ4n) is 4.06. The fraction of sp³-hybridized carbons (Fsp3) is 0.615. The number of urea groups is 1. The number of nitrogens with zero attached hydrogens (tertiary/aromatic N) is 3. The summed E-state index contributed by atoms with van der Waals surface area (Å²) in [5.74, 6) is -3.42. The Morgan fingerprint density at radius 3 is 2.43 bits per heavy atom. The molecule has 0 aliphatic carbocycles. The molecule has 2 rings (SSSR count). The molecule has 206 valence electrons. The number of nitrogens with two attached hydrogens (primary N) is 1. The molecule has 11 heteroatoms. The van der Waals surface area contributed by atoms with Gasteiger partial charge in [0, 0.05) is 30.6 Å². The Labute approximate surface area is 217 Å². The van der Waals surface area contributed by atoms with Gasteiger partial charge >= 0.3 is 6.03 Å². The van der Waals surface area contributed by atoms with Crippen molar-refractivity contribution < 1.29 is 28.0 Å². The lowest BCUT2D eigenvalue weighted by Crippen LogP contribution is -2.59. The normalized spacial score (nSPS) is 16.6. The number of carbonyl (C=O) groups excluding carboxylic acids is 4. The van der Waals surface area contributed by atoms with Gasteiger partial charge in [0.2, 0.25) is 17.7 Å². The van der Waals surface area contributed by atoms with Gasteiger partial charge in [0.15, 0.2) is 0 Å². The highest BCUT2D eigenvalue weighted by Crippen LogP contribution is 2.21. The first kappa shape index (κ1) is 30.0. The highest BCUT2D eigenvalue weighted by Gasteiger charge is 2.33. The summed E-state index contributed by atoms with van der Waals surface area (Å²) in [5, 5.41) is 0.857. The molecule has 0 unspecified atom stereocenters. The second kappa shape index (κ2) is 12.8. The monoisotopic (exact) mass is 523 g/mol. The molecule has 1 saturated heterocycles. The van der Waals surface area contributed by atoms with E-state index in [-0.39, 0.29) is 29.3 Å². The largest absolute Gasteiger partial charge is 0.368 e. The van der Waals surface area contributed by atoms with Gasteiger partial charge in [-0.15, -0.1) is 0 Å². The number of amides is 5. The maximum atomic E-state index is 14.4. The lowest BCUT2D eigenvalue weighted by atomic mass is 9.90. The summed E-state index contributed by atoms with van der Waals surface area (Å²) in [6, 6.07) is 0.713. The standard InChI is InChI=1S/C26H39F2N5O4/c1-17-8-6-7-13-31(17)23(35)16-33(30-22(34)11-12-26(3,4)5)25(37)32(18(2)24(29)36)15-19-9-10-20(27)14-21(19)28/h9-10,14,17-18H,6-8,11-13,15-16H2,1-5H3,(H2,29,36)(H,30,34)/t17-,18-/m0/s1. The van der Waals surface area contributed by atoms with E-state index >= 15 is 0 Å². The summed E-state index contributed by atoms with van der Waals surface area (Å²) in [5.41, 5.74) is 7.77. The summed E-state index contributed by atoms with van der Waals surface area (Å²) in [4.78, 5) is 54.3. The maximum Gasteiger partial charge on any atom is 0.340 e. The summed E-state index contributed by atoms with van der Waals surface area (Å²) in [6.45, 7) is 8.81. The molecule has 5 amide bonds. The van der Waals surface area contributed by atoms with Crippen LogP contribution in [0.15, 0.2) is 18.2 Å². The Balaban J connectivity index is 2.35. The molecule has 1 aliphatic rings. The fourth-order valence-corrected chi connectivity index (χ4v) is 4.06. The number of halogens is 2. The third kappa shape index (κ3) is 8.98. The Morgan fingerprint density at radius 1 is 1.19 bits per heavy atom.